The van der Waals surface area contributed by atoms with Crippen LogP contribution in [0.2, 0.25) is 0 Å². The van der Waals surface area contributed by atoms with Crippen LogP contribution in [-0.4, -0.2) is 24.7 Å². The van der Waals surface area contributed by atoms with Crippen LogP contribution in [0.5, 0.6) is 0 Å². The molecular weight excluding hydrogens is 207 g/mol. The molecule has 0 radical (unpaired) electrons. The van der Waals surface area contributed by atoms with E-state index in [1.165, 1.54) is 12.3 Å². The highest BCUT2D eigenvalue weighted by Gasteiger charge is 2.11. The standard InChI is InChI=1S/C12H19FN2O/c1-3-7-16-9-12(14-4-2)11-6-5-10(13)8-15-11/h5-6,8,12,14H,3-4,7,9H2,1-2H3. The van der Waals surface area contributed by atoms with Crippen molar-refractivity contribution in [3.63, 3.8) is 0 Å². The monoisotopic (exact) mass is 226 g/mol. The minimum absolute atomic E-state index is 0.0390. The molecule has 0 fully saturated rings. The van der Waals surface area contributed by atoms with Gasteiger partial charge in [-0.1, -0.05) is 13.8 Å². The maximum absolute atomic E-state index is 12.7. The molecule has 90 valence electrons. The fourth-order valence-corrected chi connectivity index (χ4v) is 1.43. The van der Waals surface area contributed by atoms with E-state index in [9.17, 15) is 4.39 Å². The molecule has 0 bridgehead atoms. The predicted molar refractivity (Wildman–Crippen MR) is 61.7 cm³/mol. The van der Waals surface area contributed by atoms with Crippen molar-refractivity contribution < 1.29 is 9.13 Å². The number of nitrogens with zero attached hydrogens (tertiary/aromatic N) is 1. The Morgan fingerprint density at radius 1 is 1.44 bits per heavy atom. The number of halogens is 1. The van der Waals surface area contributed by atoms with Gasteiger partial charge < -0.3 is 10.1 Å². The van der Waals surface area contributed by atoms with Gasteiger partial charge in [-0.2, -0.15) is 0 Å². The van der Waals surface area contributed by atoms with Crippen molar-refractivity contribution in [3.05, 3.63) is 29.8 Å². The molecule has 4 heteroatoms. The van der Waals surface area contributed by atoms with E-state index >= 15 is 0 Å². The zero-order valence-corrected chi connectivity index (χ0v) is 9.87. The van der Waals surface area contributed by atoms with Gasteiger partial charge in [-0.3, -0.25) is 4.98 Å². The molecule has 16 heavy (non-hydrogen) atoms. The van der Waals surface area contributed by atoms with Crippen molar-refractivity contribution in [1.29, 1.82) is 0 Å². The SMILES string of the molecule is CCCOCC(NCC)c1ccc(F)cn1. The number of ether oxygens (including phenoxy) is 1. The summed E-state index contributed by atoms with van der Waals surface area (Å²) in [5, 5.41) is 3.27. The lowest BCUT2D eigenvalue weighted by atomic mass is 10.2. The minimum Gasteiger partial charge on any atom is -0.379 e. The van der Waals surface area contributed by atoms with Gasteiger partial charge in [-0.15, -0.1) is 0 Å². The van der Waals surface area contributed by atoms with E-state index in [4.69, 9.17) is 4.74 Å². The molecule has 0 aliphatic heterocycles. The topological polar surface area (TPSA) is 34.1 Å². The first-order chi connectivity index (χ1) is 7.77. The van der Waals surface area contributed by atoms with Crippen LogP contribution in [0, 0.1) is 5.82 Å². The van der Waals surface area contributed by atoms with E-state index in [1.54, 1.807) is 6.07 Å². The summed E-state index contributed by atoms with van der Waals surface area (Å²) in [6.07, 6.45) is 2.23. The number of pyridine rings is 1. The fraction of sp³-hybridized carbons (Fsp3) is 0.583. The molecule has 0 saturated carbocycles. The highest BCUT2D eigenvalue weighted by atomic mass is 19.1. The molecule has 1 unspecified atom stereocenters. The molecule has 0 aliphatic rings. The lowest BCUT2D eigenvalue weighted by Gasteiger charge is -2.17. The zero-order chi connectivity index (χ0) is 11.8. The molecular formula is C12H19FN2O. The maximum Gasteiger partial charge on any atom is 0.141 e. The van der Waals surface area contributed by atoms with Crippen LogP contribution in [0.25, 0.3) is 0 Å². The first-order valence-corrected chi connectivity index (χ1v) is 5.70. The lowest BCUT2D eigenvalue weighted by Crippen LogP contribution is -2.26. The summed E-state index contributed by atoms with van der Waals surface area (Å²) in [5.74, 6) is -0.312. The van der Waals surface area contributed by atoms with Crippen LogP contribution in [0.4, 0.5) is 4.39 Å². The first-order valence-electron chi connectivity index (χ1n) is 5.70. The second-order valence-corrected chi connectivity index (χ2v) is 3.59. The Bertz CT molecular complexity index is 290. The normalized spacial score (nSPS) is 12.7. The van der Waals surface area contributed by atoms with Gasteiger partial charge in [-0.25, -0.2) is 4.39 Å². The average Bonchev–Trinajstić information content (AvgIpc) is 2.29. The number of likely N-dealkylation sites (N-methyl/N-ethyl adjacent to an activating group) is 1. The quantitative estimate of drug-likeness (QED) is 0.724. The van der Waals surface area contributed by atoms with Crippen LogP contribution in [-0.2, 0) is 4.74 Å². The molecule has 1 aromatic heterocycles. The number of rotatable bonds is 7. The Balaban J connectivity index is 2.57. The van der Waals surface area contributed by atoms with Crippen LogP contribution >= 0.6 is 0 Å². The van der Waals surface area contributed by atoms with E-state index in [-0.39, 0.29) is 11.9 Å². The second kappa shape index (κ2) is 7.30. The number of aromatic nitrogens is 1. The van der Waals surface area contributed by atoms with E-state index in [1.807, 2.05) is 6.92 Å². The second-order valence-electron chi connectivity index (χ2n) is 3.59. The van der Waals surface area contributed by atoms with Crippen molar-refractivity contribution in [2.45, 2.75) is 26.3 Å². The van der Waals surface area contributed by atoms with Crippen molar-refractivity contribution >= 4 is 0 Å². The first kappa shape index (κ1) is 13.1. The highest BCUT2D eigenvalue weighted by molar-refractivity contribution is 5.09. The summed E-state index contributed by atoms with van der Waals surface area (Å²) in [6.45, 7) is 6.23. The largest absolute Gasteiger partial charge is 0.379 e. The number of hydrogen-bond acceptors (Lipinski definition) is 3. The smallest absolute Gasteiger partial charge is 0.141 e. The van der Waals surface area contributed by atoms with Crippen LogP contribution < -0.4 is 5.32 Å². The molecule has 1 aromatic rings. The van der Waals surface area contributed by atoms with Gasteiger partial charge >= 0.3 is 0 Å². The Hall–Kier alpha value is -1.00. The Morgan fingerprint density at radius 2 is 2.25 bits per heavy atom. The van der Waals surface area contributed by atoms with Gasteiger partial charge in [0, 0.05) is 6.61 Å². The van der Waals surface area contributed by atoms with Gasteiger partial charge in [0.25, 0.3) is 0 Å². The van der Waals surface area contributed by atoms with Crippen molar-refractivity contribution in [3.8, 4) is 0 Å². The number of nitrogens with one attached hydrogen (secondary N) is 1. The average molecular weight is 226 g/mol. The zero-order valence-electron chi connectivity index (χ0n) is 9.87. The third-order valence-electron chi connectivity index (χ3n) is 2.19. The van der Waals surface area contributed by atoms with Crippen LogP contribution in [0.15, 0.2) is 18.3 Å². The molecule has 3 nitrogen and oxygen atoms in total. The Morgan fingerprint density at radius 3 is 2.81 bits per heavy atom. The summed E-state index contributed by atoms with van der Waals surface area (Å²) in [6, 6.07) is 3.15. The van der Waals surface area contributed by atoms with Crippen molar-refractivity contribution in [2.75, 3.05) is 19.8 Å². The summed E-state index contributed by atoms with van der Waals surface area (Å²) >= 11 is 0. The molecule has 1 atom stereocenters. The third-order valence-corrected chi connectivity index (χ3v) is 2.19. The lowest BCUT2D eigenvalue weighted by molar-refractivity contribution is 0.111. The molecule has 1 N–H and O–H groups in total. The van der Waals surface area contributed by atoms with Gasteiger partial charge in [-0.05, 0) is 25.1 Å². The van der Waals surface area contributed by atoms with Crippen molar-refractivity contribution in [2.24, 2.45) is 0 Å². The van der Waals surface area contributed by atoms with Gasteiger partial charge in [0.05, 0.1) is 24.5 Å². The summed E-state index contributed by atoms with van der Waals surface area (Å²) < 4.78 is 18.2. The molecule has 0 spiro atoms. The molecule has 0 aromatic carbocycles. The third kappa shape index (κ3) is 4.24. The van der Waals surface area contributed by atoms with Gasteiger partial charge in [0.2, 0.25) is 0 Å². The minimum atomic E-state index is -0.312. The molecule has 0 aliphatic carbocycles. The fourth-order valence-electron chi connectivity index (χ4n) is 1.43. The molecule has 0 amide bonds. The van der Waals surface area contributed by atoms with Gasteiger partial charge in [0.15, 0.2) is 0 Å². The number of hydrogen-bond donors (Lipinski definition) is 1. The summed E-state index contributed by atoms with van der Waals surface area (Å²) in [4.78, 5) is 4.06. The van der Waals surface area contributed by atoms with Crippen LogP contribution in [0.3, 0.4) is 0 Å². The van der Waals surface area contributed by atoms with E-state index in [2.05, 4.69) is 17.2 Å². The van der Waals surface area contributed by atoms with Crippen LogP contribution in [0.1, 0.15) is 32.0 Å². The molecule has 1 heterocycles. The van der Waals surface area contributed by atoms with E-state index < -0.39 is 0 Å². The maximum atomic E-state index is 12.7. The van der Waals surface area contributed by atoms with Gasteiger partial charge in [0.1, 0.15) is 5.82 Å². The highest BCUT2D eigenvalue weighted by Crippen LogP contribution is 2.11. The van der Waals surface area contributed by atoms with E-state index in [0.717, 1.165) is 25.3 Å². The Kier molecular flexibility index (Phi) is 5.96. The Labute approximate surface area is 96.0 Å². The summed E-state index contributed by atoms with van der Waals surface area (Å²) in [7, 11) is 0. The molecule has 0 saturated heterocycles. The predicted octanol–water partition coefficient (Wildman–Crippen LogP) is 2.30. The van der Waals surface area contributed by atoms with E-state index in [0.29, 0.717) is 6.61 Å². The molecule has 1 rings (SSSR count). The summed E-state index contributed by atoms with van der Waals surface area (Å²) in [5.41, 5.74) is 0.819. The van der Waals surface area contributed by atoms with Crippen molar-refractivity contribution in [1.82, 2.24) is 10.3 Å².